The number of carbonyl (C=O) groups is 1. The van der Waals surface area contributed by atoms with E-state index in [0.717, 1.165) is 56.2 Å². The molecular weight excluding hydrogens is 400 g/mol. The summed E-state index contributed by atoms with van der Waals surface area (Å²) in [6.45, 7) is 4.30. The van der Waals surface area contributed by atoms with Crippen molar-refractivity contribution in [3.05, 3.63) is 70.1 Å². The first-order valence-electron chi connectivity index (χ1n) is 11.9. The molecule has 0 spiro atoms. The van der Waals surface area contributed by atoms with E-state index < -0.39 is 0 Å². The van der Waals surface area contributed by atoms with Crippen LogP contribution in [0.3, 0.4) is 0 Å². The highest BCUT2D eigenvalue weighted by Gasteiger charge is 2.30. The summed E-state index contributed by atoms with van der Waals surface area (Å²) in [5, 5.41) is 3.34. The van der Waals surface area contributed by atoms with Crippen molar-refractivity contribution in [2.24, 2.45) is 0 Å². The van der Waals surface area contributed by atoms with Gasteiger partial charge in [0.05, 0.1) is 17.6 Å². The van der Waals surface area contributed by atoms with E-state index in [1.807, 2.05) is 28.8 Å². The highest BCUT2D eigenvalue weighted by atomic mass is 16.2. The molecule has 0 saturated carbocycles. The van der Waals surface area contributed by atoms with Gasteiger partial charge >= 0.3 is 5.69 Å². The molecule has 32 heavy (non-hydrogen) atoms. The largest absolute Gasteiger partial charge is 0.352 e. The molecule has 1 amide bonds. The number of imidazole rings is 1. The van der Waals surface area contributed by atoms with Gasteiger partial charge in [0.2, 0.25) is 5.91 Å². The number of H-pyrrole nitrogens is 1. The van der Waals surface area contributed by atoms with Gasteiger partial charge in [-0.15, -0.1) is 0 Å². The molecule has 0 radical (unpaired) electrons. The van der Waals surface area contributed by atoms with Crippen LogP contribution in [0.4, 0.5) is 0 Å². The maximum Gasteiger partial charge on any atom is 0.326 e. The Morgan fingerprint density at radius 2 is 1.81 bits per heavy atom. The molecule has 2 unspecified atom stereocenters. The smallest absolute Gasteiger partial charge is 0.326 e. The third-order valence-electron chi connectivity index (χ3n) is 7.36. The van der Waals surface area contributed by atoms with E-state index in [1.165, 1.54) is 11.1 Å². The lowest BCUT2D eigenvalue weighted by molar-refractivity contribution is -0.123. The zero-order valence-corrected chi connectivity index (χ0v) is 18.7. The lowest BCUT2D eigenvalue weighted by Gasteiger charge is -2.35. The van der Waals surface area contributed by atoms with E-state index in [2.05, 4.69) is 46.4 Å². The number of para-hydroxylation sites is 2. The standard InChI is InChI=1S/C26H32N4O2/c1-2-20-21-8-4-3-7-18(21)11-12-22(20)27-25(31)17-29-15-13-19(14-16-29)30-24-10-6-5-9-23(24)28-26(30)32/h3-10,19-20,22H,2,11-17H2,1H3,(H,27,31)(H,28,32). The van der Waals surface area contributed by atoms with Crippen LogP contribution in [0.1, 0.15) is 55.7 Å². The lowest BCUT2D eigenvalue weighted by Crippen LogP contribution is -2.47. The molecular formula is C26H32N4O2. The second kappa shape index (κ2) is 8.94. The van der Waals surface area contributed by atoms with Gasteiger partial charge in [-0.1, -0.05) is 43.3 Å². The van der Waals surface area contributed by atoms with Gasteiger partial charge in [-0.2, -0.15) is 0 Å². The molecule has 2 aliphatic rings. The number of piperidine rings is 1. The van der Waals surface area contributed by atoms with Crippen LogP contribution >= 0.6 is 0 Å². The minimum absolute atomic E-state index is 0.0365. The molecule has 2 aromatic carbocycles. The Bertz CT molecular complexity index is 1160. The average Bonchev–Trinajstić information content (AvgIpc) is 3.15. The van der Waals surface area contributed by atoms with Crippen LogP contribution in [0.2, 0.25) is 0 Å². The number of rotatable bonds is 5. The number of aryl methyl sites for hydroxylation is 1. The number of aromatic amines is 1. The maximum absolute atomic E-state index is 12.9. The molecule has 1 aliphatic carbocycles. The Hall–Kier alpha value is -2.86. The Kier molecular flexibility index (Phi) is 5.87. The van der Waals surface area contributed by atoms with Crippen molar-refractivity contribution in [3.8, 4) is 0 Å². The quantitative estimate of drug-likeness (QED) is 0.647. The van der Waals surface area contributed by atoms with Crippen LogP contribution < -0.4 is 11.0 Å². The van der Waals surface area contributed by atoms with Gasteiger partial charge in [0.25, 0.3) is 0 Å². The van der Waals surface area contributed by atoms with Gasteiger partial charge in [0, 0.05) is 31.1 Å². The highest BCUT2D eigenvalue weighted by Crippen LogP contribution is 2.34. The van der Waals surface area contributed by atoms with Crippen LogP contribution in [0.25, 0.3) is 11.0 Å². The fourth-order valence-electron chi connectivity index (χ4n) is 5.76. The molecule has 168 valence electrons. The highest BCUT2D eigenvalue weighted by molar-refractivity contribution is 5.78. The Balaban J connectivity index is 1.18. The van der Waals surface area contributed by atoms with E-state index in [1.54, 1.807) is 0 Å². The summed E-state index contributed by atoms with van der Waals surface area (Å²) in [4.78, 5) is 30.6. The monoisotopic (exact) mass is 432 g/mol. The zero-order chi connectivity index (χ0) is 22.1. The Morgan fingerprint density at radius 1 is 1.06 bits per heavy atom. The van der Waals surface area contributed by atoms with Gasteiger partial charge in [-0.3, -0.25) is 14.3 Å². The van der Waals surface area contributed by atoms with E-state index in [9.17, 15) is 9.59 Å². The summed E-state index contributed by atoms with van der Waals surface area (Å²) in [6, 6.07) is 16.9. The minimum Gasteiger partial charge on any atom is -0.352 e. The van der Waals surface area contributed by atoms with Crippen LogP contribution in [-0.2, 0) is 11.2 Å². The number of amides is 1. The van der Waals surface area contributed by atoms with Crippen molar-refractivity contribution < 1.29 is 4.79 Å². The second-order valence-corrected chi connectivity index (χ2v) is 9.25. The van der Waals surface area contributed by atoms with Crippen LogP contribution in [0.15, 0.2) is 53.3 Å². The third-order valence-corrected chi connectivity index (χ3v) is 7.36. The lowest BCUT2D eigenvalue weighted by atomic mass is 9.78. The summed E-state index contributed by atoms with van der Waals surface area (Å²) in [5.74, 6) is 0.513. The number of hydrogen-bond acceptors (Lipinski definition) is 3. The fourth-order valence-corrected chi connectivity index (χ4v) is 5.76. The summed E-state index contributed by atoms with van der Waals surface area (Å²) in [5.41, 5.74) is 4.65. The molecule has 6 nitrogen and oxygen atoms in total. The van der Waals surface area contributed by atoms with Gasteiger partial charge in [0.15, 0.2) is 0 Å². The fraction of sp³-hybridized carbons (Fsp3) is 0.462. The molecule has 1 aromatic heterocycles. The predicted octanol–water partition coefficient (Wildman–Crippen LogP) is 3.59. The van der Waals surface area contributed by atoms with Crippen molar-refractivity contribution in [1.29, 1.82) is 0 Å². The van der Waals surface area contributed by atoms with Crippen molar-refractivity contribution in [3.63, 3.8) is 0 Å². The number of carbonyl (C=O) groups excluding carboxylic acids is 1. The van der Waals surface area contributed by atoms with E-state index >= 15 is 0 Å². The van der Waals surface area contributed by atoms with Crippen LogP contribution in [-0.4, -0.2) is 46.0 Å². The summed E-state index contributed by atoms with van der Waals surface area (Å²) >= 11 is 0. The van der Waals surface area contributed by atoms with Gasteiger partial charge in [-0.05, 0) is 55.4 Å². The molecule has 2 heterocycles. The number of likely N-dealkylation sites (tertiary alicyclic amines) is 1. The van der Waals surface area contributed by atoms with Crippen molar-refractivity contribution in [2.45, 2.75) is 57.0 Å². The number of nitrogens with one attached hydrogen (secondary N) is 2. The first kappa shape index (κ1) is 21.0. The zero-order valence-electron chi connectivity index (χ0n) is 18.7. The normalized spacial score (nSPS) is 22.0. The van der Waals surface area contributed by atoms with E-state index in [4.69, 9.17) is 0 Å². The van der Waals surface area contributed by atoms with Crippen LogP contribution in [0, 0.1) is 0 Å². The topological polar surface area (TPSA) is 70.1 Å². The van der Waals surface area contributed by atoms with Gasteiger partial charge in [-0.25, -0.2) is 4.79 Å². The molecule has 3 aromatic rings. The molecule has 2 atom stereocenters. The number of benzene rings is 2. The maximum atomic E-state index is 12.9. The van der Waals surface area contributed by atoms with Crippen molar-refractivity contribution in [1.82, 2.24) is 19.8 Å². The predicted molar refractivity (Wildman–Crippen MR) is 127 cm³/mol. The summed E-state index contributed by atoms with van der Waals surface area (Å²) in [6.07, 6.45) is 4.83. The Morgan fingerprint density at radius 3 is 2.62 bits per heavy atom. The van der Waals surface area contributed by atoms with E-state index in [0.29, 0.717) is 12.5 Å². The van der Waals surface area contributed by atoms with E-state index in [-0.39, 0.29) is 23.7 Å². The molecule has 0 bridgehead atoms. The number of hydrogen-bond donors (Lipinski definition) is 2. The van der Waals surface area contributed by atoms with Gasteiger partial charge in [0.1, 0.15) is 0 Å². The molecule has 5 rings (SSSR count). The van der Waals surface area contributed by atoms with Gasteiger partial charge < -0.3 is 10.3 Å². The Labute approximate surface area is 188 Å². The summed E-state index contributed by atoms with van der Waals surface area (Å²) < 4.78 is 1.90. The number of aromatic nitrogens is 2. The van der Waals surface area contributed by atoms with Crippen molar-refractivity contribution >= 4 is 16.9 Å². The molecule has 2 N–H and O–H groups in total. The molecule has 1 saturated heterocycles. The molecule has 1 fully saturated rings. The SMILES string of the molecule is CCC1c2ccccc2CCC1NC(=O)CN1CCC(n2c(=O)[nH]c3ccccc32)CC1. The third kappa shape index (κ3) is 3.99. The van der Waals surface area contributed by atoms with Crippen LogP contribution in [0.5, 0.6) is 0 Å². The molecule has 1 aliphatic heterocycles. The average molecular weight is 433 g/mol. The number of fused-ring (bicyclic) bond motifs is 2. The minimum atomic E-state index is -0.0365. The second-order valence-electron chi connectivity index (χ2n) is 9.25. The first-order chi connectivity index (χ1) is 15.6. The van der Waals surface area contributed by atoms with Crippen molar-refractivity contribution in [2.75, 3.05) is 19.6 Å². The number of nitrogens with zero attached hydrogens (tertiary/aromatic N) is 2. The first-order valence-corrected chi connectivity index (χ1v) is 11.9. The summed E-state index contributed by atoms with van der Waals surface area (Å²) in [7, 11) is 0. The molecule has 6 heteroatoms.